The van der Waals surface area contributed by atoms with Gasteiger partial charge in [0, 0.05) is 43.1 Å². The standard InChI is InChI=1S/C27H30N4O4/c1-18-6-4-7-22(20(18)3)28-25(32)17-30-11-13-31(14-12-30)27(34)21-10-9-19(2)23(16-21)29-26(33)24-8-5-15-35-24/h4-10,15-16H,11-14,17H2,1-3H3,(H,28,32)(H,29,33). The van der Waals surface area contributed by atoms with Crippen molar-refractivity contribution in [2.24, 2.45) is 0 Å². The molecule has 1 fully saturated rings. The van der Waals surface area contributed by atoms with Gasteiger partial charge in [-0.3, -0.25) is 19.3 Å². The van der Waals surface area contributed by atoms with Gasteiger partial charge < -0.3 is 20.0 Å². The Hall–Kier alpha value is -3.91. The Kier molecular flexibility index (Phi) is 7.31. The fourth-order valence-corrected chi connectivity index (χ4v) is 4.05. The first-order valence-electron chi connectivity index (χ1n) is 11.6. The summed E-state index contributed by atoms with van der Waals surface area (Å²) in [7, 11) is 0. The predicted octanol–water partition coefficient (Wildman–Crippen LogP) is 3.85. The van der Waals surface area contributed by atoms with E-state index in [1.54, 1.807) is 29.2 Å². The van der Waals surface area contributed by atoms with Crippen LogP contribution in [0, 0.1) is 20.8 Å². The molecule has 0 bridgehead atoms. The first-order chi connectivity index (χ1) is 16.8. The van der Waals surface area contributed by atoms with Crippen molar-refractivity contribution in [3.8, 4) is 0 Å². The molecule has 182 valence electrons. The molecule has 35 heavy (non-hydrogen) atoms. The van der Waals surface area contributed by atoms with Gasteiger partial charge in [-0.2, -0.15) is 0 Å². The Bertz CT molecular complexity index is 1230. The number of piperazine rings is 1. The molecule has 1 aromatic heterocycles. The Morgan fingerprint density at radius 1 is 0.857 bits per heavy atom. The third-order valence-electron chi connectivity index (χ3n) is 6.38. The van der Waals surface area contributed by atoms with E-state index in [-0.39, 0.29) is 30.0 Å². The quantitative estimate of drug-likeness (QED) is 0.566. The van der Waals surface area contributed by atoms with Crippen LogP contribution in [0.1, 0.15) is 37.6 Å². The van der Waals surface area contributed by atoms with E-state index < -0.39 is 0 Å². The molecule has 1 aliphatic rings. The van der Waals surface area contributed by atoms with Crippen molar-refractivity contribution >= 4 is 29.1 Å². The summed E-state index contributed by atoms with van der Waals surface area (Å²) < 4.78 is 5.14. The molecule has 2 aromatic carbocycles. The third-order valence-corrected chi connectivity index (χ3v) is 6.38. The number of carbonyl (C=O) groups excluding carboxylic acids is 3. The zero-order valence-electron chi connectivity index (χ0n) is 20.3. The average Bonchev–Trinajstić information content (AvgIpc) is 3.39. The van der Waals surface area contributed by atoms with Gasteiger partial charge >= 0.3 is 0 Å². The molecular weight excluding hydrogens is 444 g/mol. The van der Waals surface area contributed by atoms with E-state index >= 15 is 0 Å². The third kappa shape index (κ3) is 5.78. The highest BCUT2D eigenvalue weighted by Crippen LogP contribution is 2.21. The summed E-state index contributed by atoms with van der Waals surface area (Å²) >= 11 is 0. The van der Waals surface area contributed by atoms with Crippen molar-refractivity contribution in [2.75, 3.05) is 43.4 Å². The molecule has 3 amide bonds. The van der Waals surface area contributed by atoms with E-state index in [1.165, 1.54) is 6.26 Å². The Morgan fingerprint density at radius 3 is 2.34 bits per heavy atom. The van der Waals surface area contributed by atoms with Gasteiger partial charge in [-0.1, -0.05) is 18.2 Å². The van der Waals surface area contributed by atoms with Gasteiger partial charge in [0.25, 0.3) is 11.8 Å². The van der Waals surface area contributed by atoms with Crippen LogP contribution in [-0.4, -0.2) is 60.2 Å². The maximum Gasteiger partial charge on any atom is 0.291 e. The first-order valence-corrected chi connectivity index (χ1v) is 11.6. The lowest BCUT2D eigenvalue weighted by Gasteiger charge is -2.34. The highest BCUT2D eigenvalue weighted by Gasteiger charge is 2.24. The van der Waals surface area contributed by atoms with Crippen LogP contribution < -0.4 is 10.6 Å². The molecule has 4 rings (SSSR count). The summed E-state index contributed by atoms with van der Waals surface area (Å²) in [4.78, 5) is 41.8. The number of benzene rings is 2. The summed E-state index contributed by atoms with van der Waals surface area (Å²) in [5, 5.41) is 5.80. The molecule has 2 heterocycles. The topological polar surface area (TPSA) is 94.9 Å². The smallest absolute Gasteiger partial charge is 0.291 e. The molecule has 1 saturated heterocycles. The minimum atomic E-state index is -0.365. The highest BCUT2D eigenvalue weighted by atomic mass is 16.3. The number of rotatable bonds is 6. The highest BCUT2D eigenvalue weighted by molar-refractivity contribution is 6.04. The van der Waals surface area contributed by atoms with Gasteiger partial charge in [0.2, 0.25) is 5.91 Å². The van der Waals surface area contributed by atoms with Gasteiger partial charge in [0.05, 0.1) is 12.8 Å². The number of amides is 3. The van der Waals surface area contributed by atoms with Crippen molar-refractivity contribution in [1.82, 2.24) is 9.80 Å². The van der Waals surface area contributed by atoms with Gasteiger partial charge in [-0.15, -0.1) is 0 Å². The van der Waals surface area contributed by atoms with Gasteiger partial charge in [0.15, 0.2) is 5.76 Å². The number of anilines is 2. The maximum absolute atomic E-state index is 13.1. The molecule has 8 nitrogen and oxygen atoms in total. The number of nitrogens with one attached hydrogen (secondary N) is 2. The molecule has 0 saturated carbocycles. The predicted molar refractivity (Wildman–Crippen MR) is 135 cm³/mol. The van der Waals surface area contributed by atoms with Crippen LogP contribution in [0.15, 0.2) is 59.2 Å². The lowest BCUT2D eigenvalue weighted by Crippen LogP contribution is -2.50. The van der Waals surface area contributed by atoms with E-state index in [9.17, 15) is 14.4 Å². The van der Waals surface area contributed by atoms with Crippen molar-refractivity contribution in [3.63, 3.8) is 0 Å². The summed E-state index contributed by atoms with van der Waals surface area (Å²) in [5.74, 6) is -0.318. The van der Waals surface area contributed by atoms with Crippen molar-refractivity contribution in [1.29, 1.82) is 0 Å². The molecular formula is C27H30N4O4. The van der Waals surface area contributed by atoms with Crippen LogP contribution >= 0.6 is 0 Å². The normalized spacial score (nSPS) is 14.0. The van der Waals surface area contributed by atoms with Crippen LogP contribution in [-0.2, 0) is 4.79 Å². The van der Waals surface area contributed by atoms with E-state index in [0.29, 0.717) is 37.4 Å². The molecule has 0 aliphatic carbocycles. The Balaban J connectivity index is 1.32. The zero-order chi connectivity index (χ0) is 24.9. The monoisotopic (exact) mass is 474 g/mol. The average molecular weight is 475 g/mol. The largest absolute Gasteiger partial charge is 0.459 e. The van der Waals surface area contributed by atoms with E-state index in [4.69, 9.17) is 4.42 Å². The van der Waals surface area contributed by atoms with Crippen molar-refractivity contribution in [3.05, 3.63) is 82.8 Å². The Morgan fingerprint density at radius 2 is 1.63 bits per heavy atom. The van der Waals surface area contributed by atoms with Crippen LogP contribution in [0.3, 0.4) is 0 Å². The van der Waals surface area contributed by atoms with Gasteiger partial charge in [-0.05, 0) is 67.8 Å². The fourth-order valence-electron chi connectivity index (χ4n) is 4.05. The van der Waals surface area contributed by atoms with E-state index in [1.807, 2.05) is 49.9 Å². The first kappa shape index (κ1) is 24.2. The number of aryl methyl sites for hydroxylation is 2. The Labute approximate surface area is 204 Å². The zero-order valence-corrected chi connectivity index (χ0v) is 20.3. The van der Waals surface area contributed by atoms with E-state index in [0.717, 1.165) is 22.4 Å². The second-order valence-electron chi connectivity index (χ2n) is 8.83. The fraction of sp³-hybridized carbons (Fsp3) is 0.296. The molecule has 8 heteroatoms. The lowest BCUT2D eigenvalue weighted by atomic mass is 10.1. The molecule has 0 radical (unpaired) electrons. The van der Waals surface area contributed by atoms with Crippen LogP contribution in [0.5, 0.6) is 0 Å². The second-order valence-corrected chi connectivity index (χ2v) is 8.83. The number of hydrogen-bond acceptors (Lipinski definition) is 5. The van der Waals surface area contributed by atoms with Crippen molar-refractivity contribution < 1.29 is 18.8 Å². The molecule has 0 atom stereocenters. The number of carbonyl (C=O) groups is 3. The molecule has 0 unspecified atom stereocenters. The lowest BCUT2D eigenvalue weighted by molar-refractivity contribution is -0.117. The second kappa shape index (κ2) is 10.6. The molecule has 0 spiro atoms. The number of hydrogen-bond donors (Lipinski definition) is 2. The number of furan rings is 1. The van der Waals surface area contributed by atoms with Crippen LogP contribution in [0.2, 0.25) is 0 Å². The summed E-state index contributed by atoms with van der Waals surface area (Å²) in [5.41, 5.74) is 4.95. The van der Waals surface area contributed by atoms with Gasteiger partial charge in [0.1, 0.15) is 0 Å². The van der Waals surface area contributed by atoms with Crippen LogP contribution in [0.4, 0.5) is 11.4 Å². The maximum atomic E-state index is 13.1. The van der Waals surface area contributed by atoms with Crippen molar-refractivity contribution in [2.45, 2.75) is 20.8 Å². The van der Waals surface area contributed by atoms with Crippen LogP contribution in [0.25, 0.3) is 0 Å². The summed E-state index contributed by atoms with van der Waals surface area (Å²) in [6.45, 7) is 8.44. The minimum Gasteiger partial charge on any atom is -0.459 e. The van der Waals surface area contributed by atoms with E-state index in [2.05, 4.69) is 10.6 Å². The molecule has 1 aliphatic heterocycles. The van der Waals surface area contributed by atoms with Gasteiger partial charge in [-0.25, -0.2) is 0 Å². The summed E-state index contributed by atoms with van der Waals surface area (Å²) in [6, 6.07) is 14.4. The minimum absolute atomic E-state index is 0.0612. The molecule has 2 N–H and O–H groups in total. The molecule has 3 aromatic rings. The summed E-state index contributed by atoms with van der Waals surface area (Å²) in [6.07, 6.45) is 1.44. The SMILES string of the molecule is Cc1ccc(C(=O)N2CCN(CC(=O)Nc3cccc(C)c3C)CC2)cc1NC(=O)c1ccco1. The number of nitrogens with zero attached hydrogens (tertiary/aromatic N) is 2.